The van der Waals surface area contributed by atoms with Gasteiger partial charge in [0.15, 0.2) is 0 Å². The van der Waals surface area contributed by atoms with Gasteiger partial charge in [-0.1, -0.05) is 66.2 Å². The normalized spacial score (nSPS) is 13.9. The Balaban J connectivity index is 1.61. The zero-order chi connectivity index (χ0) is 20.4. The largest absolute Gasteiger partial charge is 0.327 e. The van der Waals surface area contributed by atoms with Crippen molar-refractivity contribution in [3.05, 3.63) is 101 Å². The third kappa shape index (κ3) is 3.92. The zero-order valence-corrected chi connectivity index (χ0v) is 16.7. The Hall–Kier alpha value is -3.40. The summed E-state index contributed by atoms with van der Waals surface area (Å²) in [5.74, 6) is -0.122. The van der Waals surface area contributed by atoms with Crippen molar-refractivity contribution in [3.63, 3.8) is 0 Å². The summed E-state index contributed by atoms with van der Waals surface area (Å²) in [5, 5.41) is 3.00. The summed E-state index contributed by atoms with van der Waals surface area (Å²) in [7, 11) is 0. The van der Waals surface area contributed by atoms with Crippen molar-refractivity contribution < 1.29 is 9.59 Å². The molecule has 1 unspecified atom stereocenters. The molecule has 0 saturated carbocycles. The van der Waals surface area contributed by atoms with E-state index >= 15 is 0 Å². The number of anilines is 1. The molecule has 146 valence electrons. The van der Waals surface area contributed by atoms with E-state index in [9.17, 15) is 9.59 Å². The Kier molecular flexibility index (Phi) is 5.17. The van der Waals surface area contributed by atoms with Crippen molar-refractivity contribution in [3.8, 4) is 0 Å². The highest BCUT2D eigenvalue weighted by Crippen LogP contribution is 2.34. The van der Waals surface area contributed by atoms with Gasteiger partial charge in [0.1, 0.15) is 0 Å². The molecule has 4 rings (SSSR count). The van der Waals surface area contributed by atoms with Crippen molar-refractivity contribution in [1.82, 2.24) is 4.90 Å². The van der Waals surface area contributed by atoms with Gasteiger partial charge in [0, 0.05) is 17.8 Å². The van der Waals surface area contributed by atoms with E-state index in [1.807, 2.05) is 91.5 Å². The van der Waals surface area contributed by atoms with E-state index in [4.69, 9.17) is 0 Å². The molecule has 0 saturated heterocycles. The topological polar surface area (TPSA) is 49.4 Å². The highest BCUT2D eigenvalue weighted by atomic mass is 16.2. The third-order valence-corrected chi connectivity index (χ3v) is 5.49. The van der Waals surface area contributed by atoms with Gasteiger partial charge >= 0.3 is 0 Å². The van der Waals surface area contributed by atoms with Crippen molar-refractivity contribution in [2.24, 2.45) is 0 Å². The molecule has 0 aliphatic carbocycles. The lowest BCUT2D eigenvalue weighted by molar-refractivity contribution is -0.117. The van der Waals surface area contributed by atoms with Gasteiger partial charge in [-0.2, -0.15) is 0 Å². The summed E-state index contributed by atoms with van der Waals surface area (Å²) in [6.07, 6.45) is 0.205. The smallest absolute Gasteiger partial charge is 0.255 e. The van der Waals surface area contributed by atoms with Crippen LogP contribution in [0.15, 0.2) is 72.8 Å². The van der Waals surface area contributed by atoms with Crippen LogP contribution < -0.4 is 5.32 Å². The molecule has 29 heavy (non-hydrogen) atoms. The molecule has 1 N–H and O–H groups in total. The average Bonchev–Trinajstić information content (AvgIpc) is 3.05. The van der Waals surface area contributed by atoms with Crippen LogP contribution in [0.5, 0.6) is 0 Å². The molecule has 2 amide bonds. The highest BCUT2D eigenvalue weighted by molar-refractivity contribution is 5.99. The molecule has 1 aliphatic heterocycles. The average molecular weight is 384 g/mol. The lowest BCUT2D eigenvalue weighted by atomic mass is 10.00. The van der Waals surface area contributed by atoms with E-state index in [0.29, 0.717) is 6.54 Å². The van der Waals surface area contributed by atoms with Crippen LogP contribution in [0.4, 0.5) is 5.69 Å². The summed E-state index contributed by atoms with van der Waals surface area (Å²) in [6, 6.07) is 23.1. The molecule has 0 radical (unpaired) electrons. The Labute approximate surface area is 171 Å². The van der Waals surface area contributed by atoms with Crippen LogP contribution in [-0.2, 0) is 11.3 Å². The molecular formula is C25H24N2O2. The van der Waals surface area contributed by atoms with E-state index in [2.05, 4.69) is 5.32 Å². The summed E-state index contributed by atoms with van der Waals surface area (Å²) >= 11 is 0. The molecule has 3 aromatic rings. The molecule has 1 atom stereocenters. The predicted molar refractivity (Wildman–Crippen MR) is 115 cm³/mol. The molecule has 0 aromatic heterocycles. The van der Waals surface area contributed by atoms with Gasteiger partial charge in [0.05, 0.1) is 12.5 Å². The number of hydrogen-bond acceptors (Lipinski definition) is 2. The molecule has 3 aromatic carbocycles. The van der Waals surface area contributed by atoms with Crippen LogP contribution in [0.3, 0.4) is 0 Å². The highest BCUT2D eigenvalue weighted by Gasteiger charge is 2.34. The van der Waals surface area contributed by atoms with E-state index in [0.717, 1.165) is 33.5 Å². The summed E-state index contributed by atoms with van der Waals surface area (Å²) in [4.78, 5) is 27.8. The van der Waals surface area contributed by atoms with Crippen LogP contribution in [-0.4, -0.2) is 16.7 Å². The van der Waals surface area contributed by atoms with Crippen LogP contribution >= 0.6 is 0 Å². The molecular weight excluding hydrogens is 360 g/mol. The fourth-order valence-electron chi connectivity index (χ4n) is 3.82. The number of hydrogen-bond donors (Lipinski definition) is 1. The quantitative estimate of drug-likeness (QED) is 0.671. The predicted octanol–water partition coefficient (Wildman–Crippen LogP) is 5.03. The van der Waals surface area contributed by atoms with Crippen LogP contribution in [0.2, 0.25) is 0 Å². The number of amides is 2. The maximum atomic E-state index is 13.1. The number of nitrogens with one attached hydrogen (secondary N) is 1. The molecule has 1 aliphatic rings. The van der Waals surface area contributed by atoms with Crippen molar-refractivity contribution in [2.45, 2.75) is 32.9 Å². The number of aryl methyl sites for hydroxylation is 2. The van der Waals surface area contributed by atoms with Crippen molar-refractivity contribution >= 4 is 17.5 Å². The van der Waals surface area contributed by atoms with Gasteiger partial charge in [0.2, 0.25) is 5.91 Å². The lowest BCUT2D eigenvalue weighted by Gasteiger charge is -2.28. The van der Waals surface area contributed by atoms with Gasteiger partial charge in [-0.15, -0.1) is 0 Å². The SMILES string of the molecule is Cc1ccc(C(CC(=O)Nc2ccccc2C)N2Cc3ccccc3C2=O)cc1. The number of benzene rings is 3. The van der Waals surface area contributed by atoms with Crippen LogP contribution in [0.25, 0.3) is 0 Å². The lowest BCUT2D eigenvalue weighted by Crippen LogP contribution is -2.32. The summed E-state index contributed by atoms with van der Waals surface area (Å²) in [5.41, 5.74) is 5.66. The van der Waals surface area contributed by atoms with Gasteiger partial charge in [-0.05, 0) is 42.7 Å². The Morgan fingerprint density at radius 1 is 0.966 bits per heavy atom. The monoisotopic (exact) mass is 384 g/mol. The second-order valence-corrected chi connectivity index (χ2v) is 7.58. The Bertz CT molecular complexity index is 1060. The summed E-state index contributed by atoms with van der Waals surface area (Å²) < 4.78 is 0. The number of nitrogens with zero attached hydrogens (tertiary/aromatic N) is 1. The molecule has 0 spiro atoms. The number of carbonyl (C=O) groups excluding carboxylic acids is 2. The third-order valence-electron chi connectivity index (χ3n) is 5.49. The first-order valence-electron chi connectivity index (χ1n) is 9.84. The van der Waals surface area contributed by atoms with Gasteiger partial charge < -0.3 is 10.2 Å². The van der Waals surface area contributed by atoms with Crippen molar-refractivity contribution in [2.75, 3.05) is 5.32 Å². The maximum absolute atomic E-state index is 13.1. The standard InChI is InChI=1S/C25H24N2O2/c1-17-11-13-19(14-12-17)23(15-24(28)26-22-10-6-3-7-18(22)2)27-16-20-8-4-5-9-21(20)25(27)29/h3-14,23H,15-16H2,1-2H3,(H,26,28). The van der Waals surface area contributed by atoms with Gasteiger partial charge in [0.25, 0.3) is 5.91 Å². The number of fused-ring (bicyclic) bond motifs is 1. The Morgan fingerprint density at radius 2 is 1.66 bits per heavy atom. The molecule has 4 nitrogen and oxygen atoms in total. The number of carbonyl (C=O) groups is 2. The van der Waals surface area contributed by atoms with E-state index in [1.54, 1.807) is 0 Å². The Morgan fingerprint density at radius 3 is 2.38 bits per heavy atom. The zero-order valence-electron chi connectivity index (χ0n) is 16.7. The number of rotatable bonds is 5. The van der Waals surface area contributed by atoms with E-state index < -0.39 is 0 Å². The fraction of sp³-hybridized carbons (Fsp3) is 0.200. The molecule has 4 heteroatoms. The fourth-order valence-corrected chi connectivity index (χ4v) is 3.82. The molecule has 0 fully saturated rings. The van der Waals surface area contributed by atoms with Crippen LogP contribution in [0, 0.1) is 13.8 Å². The first-order valence-corrected chi connectivity index (χ1v) is 9.84. The van der Waals surface area contributed by atoms with E-state index in [1.165, 1.54) is 0 Å². The minimum Gasteiger partial charge on any atom is -0.327 e. The summed E-state index contributed by atoms with van der Waals surface area (Å²) in [6.45, 7) is 4.51. The minimum absolute atomic E-state index is 0.0186. The van der Waals surface area contributed by atoms with Crippen molar-refractivity contribution in [1.29, 1.82) is 0 Å². The minimum atomic E-state index is -0.320. The van der Waals surface area contributed by atoms with Gasteiger partial charge in [-0.3, -0.25) is 9.59 Å². The van der Waals surface area contributed by atoms with Gasteiger partial charge in [-0.25, -0.2) is 0 Å². The second-order valence-electron chi connectivity index (χ2n) is 7.58. The molecule has 0 bridgehead atoms. The second kappa shape index (κ2) is 7.92. The molecule has 1 heterocycles. The van der Waals surface area contributed by atoms with Crippen LogP contribution in [0.1, 0.15) is 45.1 Å². The number of para-hydroxylation sites is 1. The first-order chi connectivity index (χ1) is 14.0. The first kappa shape index (κ1) is 18.9. The van der Waals surface area contributed by atoms with E-state index in [-0.39, 0.29) is 24.3 Å². The maximum Gasteiger partial charge on any atom is 0.255 e.